The number of rotatable bonds is 10. The van der Waals surface area contributed by atoms with Crippen molar-refractivity contribution in [2.45, 2.75) is 139 Å². The molecule has 0 heterocycles. The molecule has 240 valence electrons. The van der Waals surface area contributed by atoms with Gasteiger partial charge in [0.2, 0.25) is 0 Å². The predicted molar refractivity (Wildman–Crippen MR) is 196 cm³/mol. The van der Waals surface area contributed by atoms with Crippen LogP contribution in [-0.2, 0) is 0 Å². The van der Waals surface area contributed by atoms with Crippen molar-refractivity contribution in [1.82, 2.24) is 0 Å². The fourth-order valence-corrected chi connectivity index (χ4v) is 11.1. The van der Waals surface area contributed by atoms with Gasteiger partial charge in [-0.25, -0.2) is 0 Å². The molecule has 1 atom stereocenters. The van der Waals surface area contributed by atoms with Crippen LogP contribution in [0.15, 0.2) is 54.2 Å². The summed E-state index contributed by atoms with van der Waals surface area (Å²) in [5, 5.41) is 1.91. The second-order valence-electron chi connectivity index (χ2n) is 15.9. The van der Waals surface area contributed by atoms with Crippen molar-refractivity contribution in [2.24, 2.45) is 5.41 Å². The minimum Gasteiger partial charge on any atom is -0.312 e. The van der Waals surface area contributed by atoms with Crippen LogP contribution < -0.4 is 29.2 Å². The summed E-state index contributed by atoms with van der Waals surface area (Å²) in [6, 6.07) is 21.3. The van der Waals surface area contributed by atoms with Crippen LogP contribution in [0, 0.1) is 11.5 Å². The van der Waals surface area contributed by atoms with Gasteiger partial charge in [-0.3, -0.25) is 0 Å². The first-order valence-electron chi connectivity index (χ1n) is 17.1. The summed E-state index contributed by atoms with van der Waals surface area (Å²) in [5.41, 5.74) is 11.1. The largest absolute Gasteiger partial charge is 1.00 e. The fourth-order valence-electron chi connectivity index (χ4n) is 6.45. The van der Waals surface area contributed by atoms with Crippen LogP contribution in [0.25, 0.3) is 5.57 Å². The van der Waals surface area contributed by atoms with Crippen LogP contribution >= 0.6 is 0 Å². The molecule has 0 aliphatic rings. The molecule has 3 rings (SSSR count). The number of benzene rings is 3. The Balaban J connectivity index is 0.00000705. The van der Waals surface area contributed by atoms with Crippen LogP contribution in [0.4, 0.5) is 4.11 Å². The molecule has 3 aromatic rings. The topological polar surface area (TPSA) is 0 Å². The molecule has 45 heavy (non-hydrogen) atoms. The monoisotopic (exact) mass is 618 g/mol. The number of halogens is 1. The van der Waals surface area contributed by atoms with E-state index >= 15 is 4.11 Å². The molecule has 0 bridgehead atoms. The third-order valence-electron chi connectivity index (χ3n) is 9.07. The van der Waals surface area contributed by atoms with Gasteiger partial charge in [-0.05, 0) is 73.9 Å². The van der Waals surface area contributed by atoms with Gasteiger partial charge in [-0.2, -0.15) is 28.8 Å². The number of hydrogen-bond donors (Lipinski definition) is 0. The Kier molecular flexibility index (Phi) is 13.4. The molecule has 3 heteroatoms. The third kappa shape index (κ3) is 8.55. The standard InChI is InChI=1S/C42H60FSi.Li/c1-26(2)33-21-35(28(5)6)40(36(22-33)29(7)8)44(43,25-39(42(13,14)15)32-19-17-16-18-20-32)41-37(30(9)10)23-34(27(3)4)24-38(41)31(11)12;/h16-23,25-31H,1-15H3;/q-1;+1/b39-25-;. The summed E-state index contributed by atoms with van der Waals surface area (Å²) in [5.74, 6) is 1.40. The number of allylic oxidation sites excluding steroid dienone is 1. The van der Waals surface area contributed by atoms with E-state index in [4.69, 9.17) is 0 Å². The van der Waals surface area contributed by atoms with E-state index in [2.05, 4.69) is 164 Å². The zero-order valence-electron chi connectivity index (χ0n) is 31.5. The SMILES string of the molecule is CC(C)c1[c-]c(C(C)C)c([Si](F)(/C=C(/c2ccccc2)C(C)(C)C)c2c(C(C)C)cc(C(C)C)cc2C(C)C)c(C(C)C)c1.[Li+]. The first-order chi connectivity index (χ1) is 20.3. The Hall–Kier alpha value is -1.86. The molecule has 0 aliphatic heterocycles. The van der Waals surface area contributed by atoms with Gasteiger partial charge in [-0.15, -0.1) is 5.19 Å². The van der Waals surface area contributed by atoms with Gasteiger partial charge in [0.1, 0.15) is 0 Å². The van der Waals surface area contributed by atoms with Gasteiger partial charge in [0.15, 0.2) is 0 Å². The van der Waals surface area contributed by atoms with Crippen molar-refractivity contribution in [3.05, 3.63) is 99.2 Å². The maximum atomic E-state index is 19.9. The van der Waals surface area contributed by atoms with E-state index < -0.39 is 8.41 Å². The third-order valence-corrected chi connectivity index (χ3v) is 12.3. The fraction of sp³-hybridized carbons (Fsp3) is 0.524. The van der Waals surface area contributed by atoms with E-state index in [0.29, 0.717) is 11.8 Å². The molecular weight excluding hydrogens is 558 g/mol. The van der Waals surface area contributed by atoms with Crippen molar-refractivity contribution in [3.63, 3.8) is 0 Å². The van der Waals surface area contributed by atoms with Gasteiger partial charge < -0.3 is 4.11 Å². The van der Waals surface area contributed by atoms with Gasteiger partial charge in [0.25, 0.3) is 8.41 Å². The molecule has 0 saturated carbocycles. The second kappa shape index (κ2) is 15.4. The molecule has 0 spiro atoms. The maximum Gasteiger partial charge on any atom is 1.00 e. The van der Waals surface area contributed by atoms with Crippen molar-refractivity contribution < 1.29 is 23.0 Å². The van der Waals surface area contributed by atoms with E-state index in [1.165, 1.54) is 22.3 Å². The minimum absolute atomic E-state index is 0. The van der Waals surface area contributed by atoms with Crippen LogP contribution in [0.5, 0.6) is 0 Å². The van der Waals surface area contributed by atoms with Gasteiger partial charge in [0, 0.05) is 0 Å². The molecule has 0 aliphatic carbocycles. The van der Waals surface area contributed by atoms with Gasteiger partial charge in [0.05, 0.1) is 0 Å². The molecule has 0 radical (unpaired) electrons. The van der Waals surface area contributed by atoms with Crippen LogP contribution in [0.2, 0.25) is 0 Å². The van der Waals surface area contributed by atoms with E-state index in [-0.39, 0.29) is 47.9 Å². The summed E-state index contributed by atoms with van der Waals surface area (Å²) in [4.78, 5) is 0. The first kappa shape index (κ1) is 39.3. The van der Waals surface area contributed by atoms with Crippen molar-refractivity contribution in [2.75, 3.05) is 0 Å². The average Bonchev–Trinajstić information content (AvgIpc) is 2.93. The summed E-state index contributed by atoms with van der Waals surface area (Å²) in [6.07, 6.45) is 0. The van der Waals surface area contributed by atoms with E-state index in [1.54, 1.807) is 0 Å². The maximum absolute atomic E-state index is 19.9. The number of hydrogen-bond acceptors (Lipinski definition) is 0. The molecular formula is C42H60FLiSi. The second-order valence-corrected chi connectivity index (χ2v) is 18.6. The Bertz CT molecular complexity index is 1320. The Morgan fingerprint density at radius 3 is 1.49 bits per heavy atom. The molecule has 0 N–H and O–H groups in total. The summed E-state index contributed by atoms with van der Waals surface area (Å²) in [7, 11) is -4.10. The zero-order valence-corrected chi connectivity index (χ0v) is 32.5. The van der Waals surface area contributed by atoms with Crippen molar-refractivity contribution in [1.29, 1.82) is 0 Å². The minimum atomic E-state index is -4.10. The molecule has 3 aromatic carbocycles. The Morgan fingerprint density at radius 1 is 0.644 bits per heavy atom. The normalized spacial score (nSPS) is 14.2. The van der Waals surface area contributed by atoms with Gasteiger partial charge >= 0.3 is 18.9 Å². The Labute approximate surface area is 290 Å². The zero-order chi connectivity index (χ0) is 33.3. The van der Waals surface area contributed by atoms with E-state index in [0.717, 1.165) is 32.6 Å². The molecule has 0 nitrogen and oxygen atoms in total. The van der Waals surface area contributed by atoms with Gasteiger partial charge in [-0.1, -0.05) is 152 Å². The molecule has 1 unspecified atom stereocenters. The van der Waals surface area contributed by atoms with Crippen LogP contribution in [0.1, 0.15) is 178 Å². The summed E-state index contributed by atoms with van der Waals surface area (Å²) >= 11 is 0. The molecule has 0 aromatic heterocycles. The Morgan fingerprint density at radius 2 is 1.11 bits per heavy atom. The molecule has 0 amide bonds. The van der Waals surface area contributed by atoms with Crippen LogP contribution in [-0.4, -0.2) is 8.41 Å². The molecule has 0 saturated heterocycles. The molecule has 0 fully saturated rings. The quantitative estimate of drug-likeness (QED) is 0.121. The average molecular weight is 619 g/mol. The smallest absolute Gasteiger partial charge is 0.312 e. The van der Waals surface area contributed by atoms with Crippen LogP contribution in [0.3, 0.4) is 0 Å². The summed E-state index contributed by atoms with van der Waals surface area (Å²) in [6.45, 7) is 33.6. The van der Waals surface area contributed by atoms with Crippen molar-refractivity contribution in [3.8, 4) is 0 Å². The first-order valence-corrected chi connectivity index (χ1v) is 19.0. The van der Waals surface area contributed by atoms with E-state index in [9.17, 15) is 0 Å². The van der Waals surface area contributed by atoms with Crippen molar-refractivity contribution >= 4 is 24.4 Å². The summed E-state index contributed by atoms with van der Waals surface area (Å²) < 4.78 is 19.9. The van der Waals surface area contributed by atoms with E-state index in [1.807, 2.05) is 0 Å². The predicted octanol–water partition coefficient (Wildman–Crippen LogP) is 8.93.